The molecule has 0 aromatic carbocycles. The predicted molar refractivity (Wildman–Crippen MR) is 79.1 cm³/mol. The molecule has 20 heavy (non-hydrogen) atoms. The number of nitrogens with one attached hydrogen (secondary N) is 1. The summed E-state index contributed by atoms with van der Waals surface area (Å²) in [5.74, 6) is 2.19. The average molecular weight is 280 g/mol. The van der Waals surface area contributed by atoms with Gasteiger partial charge in [0.2, 0.25) is 0 Å². The average Bonchev–Trinajstić information content (AvgIpc) is 2.83. The molecule has 2 rings (SSSR count). The SMILES string of the molecule is CC(C)Cn1ncnc1CNC1(CO)CCCC(C)C1. The van der Waals surface area contributed by atoms with Crippen molar-refractivity contribution in [2.45, 2.75) is 65.1 Å². The first-order valence-corrected chi connectivity index (χ1v) is 7.77. The molecule has 2 unspecified atom stereocenters. The molecular weight excluding hydrogens is 252 g/mol. The lowest BCUT2D eigenvalue weighted by Gasteiger charge is -2.39. The summed E-state index contributed by atoms with van der Waals surface area (Å²) in [6.07, 6.45) is 6.17. The molecule has 1 fully saturated rings. The second-order valence-electron chi connectivity index (χ2n) is 6.75. The molecule has 0 amide bonds. The summed E-state index contributed by atoms with van der Waals surface area (Å²) >= 11 is 0. The van der Waals surface area contributed by atoms with Crippen LogP contribution >= 0.6 is 0 Å². The Morgan fingerprint density at radius 1 is 1.55 bits per heavy atom. The molecule has 2 N–H and O–H groups in total. The number of aliphatic hydroxyl groups is 1. The zero-order valence-corrected chi connectivity index (χ0v) is 13.0. The van der Waals surface area contributed by atoms with Crippen LogP contribution in [0.4, 0.5) is 0 Å². The molecule has 2 atom stereocenters. The summed E-state index contributed by atoms with van der Waals surface area (Å²) in [7, 11) is 0. The van der Waals surface area contributed by atoms with E-state index in [4.69, 9.17) is 0 Å². The van der Waals surface area contributed by atoms with Gasteiger partial charge in [-0.3, -0.25) is 0 Å². The van der Waals surface area contributed by atoms with Gasteiger partial charge < -0.3 is 10.4 Å². The van der Waals surface area contributed by atoms with E-state index in [-0.39, 0.29) is 12.1 Å². The number of hydrogen-bond donors (Lipinski definition) is 2. The van der Waals surface area contributed by atoms with Gasteiger partial charge in [-0.25, -0.2) is 9.67 Å². The zero-order valence-electron chi connectivity index (χ0n) is 13.0. The minimum Gasteiger partial charge on any atom is -0.394 e. The zero-order chi connectivity index (χ0) is 14.6. The summed E-state index contributed by atoms with van der Waals surface area (Å²) in [5, 5.41) is 17.6. The molecule has 5 heteroatoms. The topological polar surface area (TPSA) is 63.0 Å². The molecular formula is C15H28N4O. The molecule has 1 saturated carbocycles. The van der Waals surface area contributed by atoms with Crippen molar-refractivity contribution in [2.24, 2.45) is 11.8 Å². The standard InChI is InChI=1S/C15H28N4O/c1-12(2)9-19-14(16-11-18-19)8-17-15(10-20)6-4-5-13(3)7-15/h11-13,17,20H,4-10H2,1-3H3. The molecule has 1 aliphatic rings. The monoisotopic (exact) mass is 280 g/mol. The summed E-state index contributed by atoms with van der Waals surface area (Å²) in [4.78, 5) is 4.35. The maximum absolute atomic E-state index is 9.80. The third-order valence-corrected chi connectivity index (χ3v) is 4.25. The van der Waals surface area contributed by atoms with Crippen LogP contribution < -0.4 is 5.32 Å². The Morgan fingerprint density at radius 3 is 3.00 bits per heavy atom. The van der Waals surface area contributed by atoms with Crippen LogP contribution in [0.3, 0.4) is 0 Å². The first-order valence-electron chi connectivity index (χ1n) is 7.77. The Bertz CT molecular complexity index is 418. The van der Waals surface area contributed by atoms with Crippen molar-refractivity contribution in [3.05, 3.63) is 12.2 Å². The van der Waals surface area contributed by atoms with E-state index in [0.717, 1.165) is 25.2 Å². The van der Waals surface area contributed by atoms with Gasteiger partial charge in [-0.2, -0.15) is 5.10 Å². The van der Waals surface area contributed by atoms with E-state index in [1.807, 2.05) is 4.68 Å². The van der Waals surface area contributed by atoms with E-state index in [1.54, 1.807) is 6.33 Å². The Balaban J connectivity index is 1.98. The van der Waals surface area contributed by atoms with Gasteiger partial charge in [0, 0.05) is 12.1 Å². The normalized spacial score (nSPS) is 27.1. The minimum absolute atomic E-state index is 0.133. The number of rotatable bonds is 6. The molecule has 1 aromatic heterocycles. The maximum atomic E-state index is 9.80. The minimum atomic E-state index is -0.133. The van der Waals surface area contributed by atoms with Crippen LogP contribution in [0.25, 0.3) is 0 Å². The van der Waals surface area contributed by atoms with Gasteiger partial charge in [0.05, 0.1) is 13.2 Å². The molecule has 0 aliphatic heterocycles. The van der Waals surface area contributed by atoms with Crippen LogP contribution in [0.2, 0.25) is 0 Å². The fourth-order valence-electron chi connectivity index (χ4n) is 3.21. The summed E-state index contributed by atoms with van der Waals surface area (Å²) in [6, 6.07) is 0. The Kier molecular flexibility index (Phi) is 5.16. The quantitative estimate of drug-likeness (QED) is 0.836. The van der Waals surface area contributed by atoms with E-state index in [1.165, 1.54) is 12.8 Å². The fraction of sp³-hybridized carbons (Fsp3) is 0.867. The highest BCUT2D eigenvalue weighted by atomic mass is 16.3. The van der Waals surface area contributed by atoms with Gasteiger partial charge in [-0.05, 0) is 24.7 Å². The summed E-state index contributed by atoms with van der Waals surface area (Å²) in [6.45, 7) is 8.40. The van der Waals surface area contributed by atoms with Crippen molar-refractivity contribution < 1.29 is 5.11 Å². The van der Waals surface area contributed by atoms with Gasteiger partial charge in [-0.1, -0.05) is 33.6 Å². The van der Waals surface area contributed by atoms with Crippen LogP contribution in [0.15, 0.2) is 6.33 Å². The van der Waals surface area contributed by atoms with Crippen molar-refractivity contribution in [3.63, 3.8) is 0 Å². The molecule has 0 radical (unpaired) electrons. The van der Waals surface area contributed by atoms with Crippen LogP contribution in [-0.2, 0) is 13.1 Å². The third-order valence-electron chi connectivity index (χ3n) is 4.25. The van der Waals surface area contributed by atoms with Crippen molar-refractivity contribution in [1.29, 1.82) is 0 Å². The maximum Gasteiger partial charge on any atom is 0.140 e. The molecule has 1 heterocycles. The molecule has 0 bridgehead atoms. The first kappa shape index (κ1) is 15.4. The van der Waals surface area contributed by atoms with Gasteiger partial charge >= 0.3 is 0 Å². The molecule has 0 spiro atoms. The van der Waals surface area contributed by atoms with Crippen LogP contribution in [0.5, 0.6) is 0 Å². The molecule has 5 nitrogen and oxygen atoms in total. The molecule has 114 valence electrons. The Morgan fingerprint density at radius 2 is 2.35 bits per heavy atom. The lowest BCUT2D eigenvalue weighted by molar-refractivity contribution is 0.0970. The van der Waals surface area contributed by atoms with E-state index >= 15 is 0 Å². The van der Waals surface area contributed by atoms with Gasteiger partial charge in [-0.15, -0.1) is 0 Å². The highest BCUT2D eigenvalue weighted by molar-refractivity contribution is 4.95. The number of aliphatic hydroxyl groups excluding tert-OH is 1. The van der Waals surface area contributed by atoms with Crippen LogP contribution in [0.1, 0.15) is 52.3 Å². The summed E-state index contributed by atoms with van der Waals surface area (Å²) in [5.41, 5.74) is -0.133. The van der Waals surface area contributed by atoms with E-state index < -0.39 is 0 Å². The van der Waals surface area contributed by atoms with Gasteiger partial charge in [0.15, 0.2) is 0 Å². The Hall–Kier alpha value is -0.940. The molecule has 1 aliphatic carbocycles. The highest BCUT2D eigenvalue weighted by Gasteiger charge is 2.34. The molecule has 1 aromatic rings. The number of aromatic nitrogens is 3. The fourth-order valence-corrected chi connectivity index (χ4v) is 3.21. The van der Waals surface area contributed by atoms with Gasteiger partial charge in [0.25, 0.3) is 0 Å². The number of hydrogen-bond acceptors (Lipinski definition) is 4. The van der Waals surface area contributed by atoms with Crippen molar-refractivity contribution in [1.82, 2.24) is 20.1 Å². The largest absolute Gasteiger partial charge is 0.394 e. The third kappa shape index (κ3) is 3.79. The van der Waals surface area contributed by atoms with E-state index in [0.29, 0.717) is 18.4 Å². The Labute approximate surface area is 121 Å². The van der Waals surface area contributed by atoms with E-state index in [2.05, 4.69) is 36.2 Å². The van der Waals surface area contributed by atoms with E-state index in [9.17, 15) is 5.11 Å². The second kappa shape index (κ2) is 6.68. The van der Waals surface area contributed by atoms with Crippen molar-refractivity contribution >= 4 is 0 Å². The van der Waals surface area contributed by atoms with Gasteiger partial charge in [0.1, 0.15) is 12.2 Å². The van der Waals surface area contributed by atoms with Crippen molar-refractivity contribution in [3.8, 4) is 0 Å². The number of nitrogens with zero attached hydrogens (tertiary/aromatic N) is 3. The lowest BCUT2D eigenvalue weighted by Crippen LogP contribution is -2.51. The van der Waals surface area contributed by atoms with Crippen LogP contribution in [-0.4, -0.2) is 32.0 Å². The molecule has 0 saturated heterocycles. The summed E-state index contributed by atoms with van der Waals surface area (Å²) < 4.78 is 1.97. The first-order chi connectivity index (χ1) is 9.54. The predicted octanol–water partition coefficient (Wildman–Crippen LogP) is 1.96. The second-order valence-corrected chi connectivity index (χ2v) is 6.75. The van der Waals surface area contributed by atoms with Crippen LogP contribution in [0, 0.1) is 11.8 Å². The smallest absolute Gasteiger partial charge is 0.140 e. The van der Waals surface area contributed by atoms with Crippen molar-refractivity contribution in [2.75, 3.05) is 6.61 Å². The highest BCUT2D eigenvalue weighted by Crippen LogP contribution is 2.32. The lowest BCUT2D eigenvalue weighted by atomic mass is 9.77.